The van der Waals surface area contributed by atoms with Crippen LogP contribution in [-0.2, 0) is 11.8 Å². The first-order valence-electron chi connectivity index (χ1n) is 5.20. The van der Waals surface area contributed by atoms with Gasteiger partial charge < -0.3 is 9.67 Å². The molecule has 0 bridgehead atoms. The lowest BCUT2D eigenvalue weighted by Gasteiger charge is -2.00. The van der Waals surface area contributed by atoms with Gasteiger partial charge in [-0.1, -0.05) is 0 Å². The zero-order valence-corrected chi connectivity index (χ0v) is 9.93. The van der Waals surface area contributed by atoms with E-state index in [1.165, 1.54) is 0 Å². The zero-order chi connectivity index (χ0) is 12.6. The van der Waals surface area contributed by atoms with Crippen LogP contribution < -0.4 is 0 Å². The quantitative estimate of drug-likeness (QED) is 0.798. The first kappa shape index (κ1) is 11.3. The third-order valence-electron chi connectivity index (χ3n) is 2.54. The minimum atomic E-state index is -0.965. The standard InChI is InChI=1S/C12H13N3O2/c1-7-11-9(4-5-10(16)17)6-15(3)12(11)14-8(2)13-7/h4-6H,1-3H3,(H,16,17)/b5-4+. The Balaban J connectivity index is 2.70. The van der Waals surface area contributed by atoms with E-state index in [0.29, 0.717) is 5.82 Å². The number of hydrogen-bond donors (Lipinski definition) is 1. The second-order valence-corrected chi connectivity index (χ2v) is 3.92. The summed E-state index contributed by atoms with van der Waals surface area (Å²) in [5.41, 5.74) is 2.50. The van der Waals surface area contributed by atoms with Gasteiger partial charge in [0.15, 0.2) is 0 Å². The maximum Gasteiger partial charge on any atom is 0.328 e. The van der Waals surface area contributed by atoms with Crippen LogP contribution in [0.2, 0.25) is 0 Å². The molecule has 2 aromatic heterocycles. The molecule has 0 atom stereocenters. The number of rotatable bonds is 2. The molecule has 0 aliphatic heterocycles. The van der Waals surface area contributed by atoms with Crippen molar-refractivity contribution in [2.24, 2.45) is 7.05 Å². The molecule has 17 heavy (non-hydrogen) atoms. The van der Waals surface area contributed by atoms with Crippen molar-refractivity contribution in [2.45, 2.75) is 13.8 Å². The molecule has 2 heterocycles. The number of hydrogen-bond acceptors (Lipinski definition) is 3. The number of aliphatic carboxylic acids is 1. The van der Waals surface area contributed by atoms with Crippen LogP contribution in [0.5, 0.6) is 0 Å². The van der Waals surface area contributed by atoms with E-state index in [-0.39, 0.29) is 0 Å². The van der Waals surface area contributed by atoms with Gasteiger partial charge in [0, 0.05) is 30.3 Å². The summed E-state index contributed by atoms with van der Waals surface area (Å²) in [4.78, 5) is 19.2. The lowest BCUT2D eigenvalue weighted by Crippen LogP contribution is -1.95. The van der Waals surface area contributed by atoms with Crippen molar-refractivity contribution < 1.29 is 9.90 Å². The van der Waals surface area contributed by atoms with E-state index < -0.39 is 5.97 Å². The molecule has 0 aliphatic carbocycles. The summed E-state index contributed by atoms with van der Waals surface area (Å²) in [5.74, 6) is -0.252. The van der Waals surface area contributed by atoms with Gasteiger partial charge in [0.05, 0.1) is 5.69 Å². The fourth-order valence-electron chi connectivity index (χ4n) is 1.91. The number of carboxylic acid groups (broad SMARTS) is 1. The smallest absolute Gasteiger partial charge is 0.328 e. The van der Waals surface area contributed by atoms with Crippen LogP contribution >= 0.6 is 0 Å². The van der Waals surface area contributed by atoms with Crippen molar-refractivity contribution in [3.8, 4) is 0 Å². The molecule has 0 radical (unpaired) electrons. The lowest BCUT2D eigenvalue weighted by atomic mass is 10.2. The maximum atomic E-state index is 10.5. The second kappa shape index (κ2) is 4.01. The van der Waals surface area contributed by atoms with Crippen LogP contribution in [-0.4, -0.2) is 25.6 Å². The molecule has 0 amide bonds. The summed E-state index contributed by atoms with van der Waals surface area (Å²) in [5, 5.41) is 9.54. The maximum absolute atomic E-state index is 10.5. The Kier molecular flexibility index (Phi) is 2.67. The van der Waals surface area contributed by atoms with E-state index >= 15 is 0 Å². The summed E-state index contributed by atoms with van der Waals surface area (Å²) in [6.07, 6.45) is 4.54. The summed E-state index contributed by atoms with van der Waals surface area (Å²) >= 11 is 0. The zero-order valence-electron chi connectivity index (χ0n) is 9.93. The highest BCUT2D eigenvalue weighted by molar-refractivity contribution is 5.93. The van der Waals surface area contributed by atoms with Crippen molar-refractivity contribution in [3.05, 3.63) is 29.4 Å². The summed E-state index contributed by atoms with van der Waals surface area (Å²) in [6, 6.07) is 0. The van der Waals surface area contributed by atoms with E-state index in [2.05, 4.69) is 9.97 Å². The van der Waals surface area contributed by atoms with Gasteiger partial charge in [0.2, 0.25) is 0 Å². The number of aromatic nitrogens is 3. The molecule has 5 heteroatoms. The van der Waals surface area contributed by atoms with E-state index in [4.69, 9.17) is 5.11 Å². The largest absolute Gasteiger partial charge is 0.478 e. The fourth-order valence-corrected chi connectivity index (χ4v) is 1.91. The summed E-state index contributed by atoms with van der Waals surface area (Å²) in [7, 11) is 1.88. The average molecular weight is 231 g/mol. The third-order valence-corrected chi connectivity index (χ3v) is 2.54. The van der Waals surface area contributed by atoms with Crippen molar-refractivity contribution in [1.82, 2.24) is 14.5 Å². The van der Waals surface area contributed by atoms with Gasteiger partial charge in [0.1, 0.15) is 11.5 Å². The normalized spacial score (nSPS) is 11.5. The molecule has 1 N–H and O–H groups in total. The first-order valence-corrected chi connectivity index (χ1v) is 5.20. The van der Waals surface area contributed by atoms with Crippen LogP contribution in [0, 0.1) is 13.8 Å². The van der Waals surface area contributed by atoms with Gasteiger partial charge in [-0.3, -0.25) is 0 Å². The summed E-state index contributed by atoms with van der Waals surface area (Å²) < 4.78 is 1.87. The first-order chi connectivity index (χ1) is 7.99. The highest BCUT2D eigenvalue weighted by Crippen LogP contribution is 2.22. The molecule has 0 aromatic carbocycles. The van der Waals surface area contributed by atoms with E-state index in [1.54, 1.807) is 6.08 Å². The highest BCUT2D eigenvalue weighted by Gasteiger charge is 2.10. The number of fused-ring (bicyclic) bond motifs is 1. The molecule has 0 unspecified atom stereocenters. The number of aryl methyl sites for hydroxylation is 3. The highest BCUT2D eigenvalue weighted by atomic mass is 16.4. The molecule has 2 aromatic rings. The fraction of sp³-hybridized carbons (Fsp3) is 0.250. The summed E-state index contributed by atoms with van der Waals surface area (Å²) in [6.45, 7) is 3.74. The Bertz CT molecular complexity index is 626. The van der Waals surface area contributed by atoms with E-state index in [1.807, 2.05) is 31.7 Å². The van der Waals surface area contributed by atoms with Crippen molar-refractivity contribution in [3.63, 3.8) is 0 Å². The number of nitrogens with zero attached hydrogens (tertiary/aromatic N) is 3. The van der Waals surface area contributed by atoms with E-state index in [9.17, 15) is 4.79 Å². The SMILES string of the molecule is Cc1nc(C)c2c(/C=C/C(=O)O)cn(C)c2n1. The molecular formula is C12H13N3O2. The Labute approximate surface area is 98.4 Å². The Morgan fingerprint density at radius 3 is 2.76 bits per heavy atom. The van der Waals surface area contributed by atoms with Gasteiger partial charge in [0.25, 0.3) is 0 Å². The van der Waals surface area contributed by atoms with Crippen LogP contribution in [0.4, 0.5) is 0 Å². The Morgan fingerprint density at radius 2 is 2.12 bits per heavy atom. The molecule has 88 valence electrons. The molecule has 0 spiro atoms. The van der Waals surface area contributed by atoms with Crippen molar-refractivity contribution >= 4 is 23.1 Å². The molecular weight excluding hydrogens is 218 g/mol. The van der Waals surface area contributed by atoms with Crippen LogP contribution in [0.25, 0.3) is 17.1 Å². The molecule has 2 rings (SSSR count). The van der Waals surface area contributed by atoms with E-state index in [0.717, 1.165) is 28.4 Å². The minimum Gasteiger partial charge on any atom is -0.478 e. The number of carboxylic acids is 1. The number of carbonyl (C=O) groups is 1. The third kappa shape index (κ3) is 2.04. The molecule has 0 saturated carbocycles. The molecule has 0 saturated heterocycles. The lowest BCUT2D eigenvalue weighted by molar-refractivity contribution is -0.131. The van der Waals surface area contributed by atoms with Crippen molar-refractivity contribution in [2.75, 3.05) is 0 Å². The van der Waals surface area contributed by atoms with Crippen LogP contribution in [0.3, 0.4) is 0 Å². The Morgan fingerprint density at radius 1 is 1.41 bits per heavy atom. The monoisotopic (exact) mass is 231 g/mol. The minimum absolute atomic E-state index is 0.713. The predicted molar refractivity (Wildman–Crippen MR) is 64.7 cm³/mol. The van der Waals surface area contributed by atoms with Crippen molar-refractivity contribution in [1.29, 1.82) is 0 Å². The average Bonchev–Trinajstić information content (AvgIpc) is 2.53. The van der Waals surface area contributed by atoms with Gasteiger partial charge in [-0.2, -0.15) is 0 Å². The predicted octanol–water partition coefficient (Wildman–Crippen LogP) is 1.68. The molecule has 5 nitrogen and oxygen atoms in total. The van der Waals surface area contributed by atoms with Crippen LogP contribution in [0.15, 0.2) is 12.3 Å². The Hall–Kier alpha value is -2.17. The topological polar surface area (TPSA) is 68.0 Å². The molecule has 0 aliphatic rings. The molecule has 0 fully saturated rings. The van der Waals surface area contributed by atoms with Crippen LogP contribution in [0.1, 0.15) is 17.1 Å². The second-order valence-electron chi connectivity index (χ2n) is 3.92. The van der Waals surface area contributed by atoms with Gasteiger partial charge >= 0.3 is 5.97 Å². The van der Waals surface area contributed by atoms with Gasteiger partial charge in [-0.15, -0.1) is 0 Å². The van der Waals surface area contributed by atoms with Gasteiger partial charge in [-0.05, 0) is 19.9 Å². The van der Waals surface area contributed by atoms with Gasteiger partial charge in [-0.25, -0.2) is 14.8 Å².